The van der Waals surface area contributed by atoms with Crippen LogP contribution in [0.5, 0.6) is 0 Å². The van der Waals surface area contributed by atoms with Gasteiger partial charge in [-0.2, -0.15) is 5.01 Å². The summed E-state index contributed by atoms with van der Waals surface area (Å²) >= 11 is 0. The molecule has 1 saturated carbocycles. The van der Waals surface area contributed by atoms with Gasteiger partial charge in [0.05, 0.1) is 0 Å². The van der Waals surface area contributed by atoms with Crippen molar-refractivity contribution in [2.75, 3.05) is 19.6 Å². The van der Waals surface area contributed by atoms with Crippen molar-refractivity contribution in [3.63, 3.8) is 0 Å². The lowest BCUT2D eigenvalue weighted by Gasteiger charge is -2.33. The zero-order valence-electron chi connectivity index (χ0n) is 15.3. The first-order chi connectivity index (χ1) is 11.8. The molecule has 1 spiro atoms. The molecular formula is C17H29N4O4+. The monoisotopic (exact) mass is 353 g/mol. The van der Waals surface area contributed by atoms with Gasteiger partial charge in [-0.3, -0.25) is 15.0 Å². The number of carbonyl (C=O) groups is 3. The fourth-order valence-electron chi connectivity index (χ4n) is 4.24. The van der Waals surface area contributed by atoms with Gasteiger partial charge in [-0.1, -0.05) is 6.92 Å². The van der Waals surface area contributed by atoms with Crippen LogP contribution in [0.4, 0.5) is 4.79 Å². The Balaban J connectivity index is 1.58. The zero-order chi connectivity index (χ0) is 18.2. The molecule has 0 aromatic carbocycles. The van der Waals surface area contributed by atoms with E-state index in [-0.39, 0.29) is 30.6 Å². The van der Waals surface area contributed by atoms with Crippen molar-refractivity contribution < 1.29 is 24.0 Å². The van der Waals surface area contributed by atoms with Crippen molar-refractivity contribution in [1.82, 2.24) is 15.8 Å². The predicted octanol–water partition coefficient (Wildman–Crippen LogP) is -0.790. The van der Waals surface area contributed by atoms with Crippen molar-refractivity contribution in [1.29, 1.82) is 0 Å². The molecule has 2 aliphatic heterocycles. The maximum Gasteiger partial charge on any atom is 0.344 e. The first-order valence-corrected chi connectivity index (χ1v) is 9.24. The summed E-state index contributed by atoms with van der Waals surface area (Å²) in [5.74, 6) is -0.0784. The average Bonchev–Trinajstić information content (AvgIpc) is 2.74. The zero-order valence-corrected chi connectivity index (χ0v) is 15.3. The number of rotatable bonds is 3. The molecule has 0 aromatic rings. The highest BCUT2D eigenvalue weighted by atomic mass is 16.5. The van der Waals surface area contributed by atoms with E-state index >= 15 is 0 Å². The Bertz CT molecular complexity index is 549. The summed E-state index contributed by atoms with van der Waals surface area (Å²) in [5.41, 5.74) is 1.68. The summed E-state index contributed by atoms with van der Waals surface area (Å²) in [4.78, 5) is 38.4. The second kappa shape index (κ2) is 6.92. The van der Waals surface area contributed by atoms with Crippen LogP contribution in [-0.2, 0) is 14.3 Å². The molecule has 3 rings (SSSR count). The van der Waals surface area contributed by atoms with Gasteiger partial charge < -0.3 is 15.0 Å². The lowest BCUT2D eigenvalue weighted by molar-refractivity contribution is -0.907. The predicted molar refractivity (Wildman–Crippen MR) is 89.5 cm³/mol. The van der Waals surface area contributed by atoms with E-state index in [1.807, 2.05) is 13.8 Å². The first kappa shape index (κ1) is 18.1. The third-order valence-electron chi connectivity index (χ3n) is 5.55. The summed E-state index contributed by atoms with van der Waals surface area (Å²) in [5, 5.41) is 3.69. The van der Waals surface area contributed by atoms with Crippen molar-refractivity contribution in [2.24, 2.45) is 5.92 Å². The Morgan fingerprint density at radius 1 is 1.24 bits per heavy atom. The number of nitrogens with zero attached hydrogens (tertiary/aromatic N) is 1. The van der Waals surface area contributed by atoms with Crippen LogP contribution in [0.2, 0.25) is 0 Å². The van der Waals surface area contributed by atoms with Gasteiger partial charge in [-0.15, -0.1) is 0 Å². The molecule has 0 radical (unpaired) electrons. The average molecular weight is 353 g/mol. The van der Waals surface area contributed by atoms with Crippen LogP contribution < -0.4 is 15.6 Å². The molecule has 8 heteroatoms. The quantitative estimate of drug-likeness (QED) is 0.580. The molecule has 2 saturated heterocycles. The number of hydrogen-bond acceptors (Lipinski definition) is 4. The van der Waals surface area contributed by atoms with Crippen LogP contribution in [0.1, 0.15) is 46.5 Å². The van der Waals surface area contributed by atoms with Crippen molar-refractivity contribution in [2.45, 2.75) is 64.2 Å². The lowest BCUT2D eigenvalue weighted by atomic mass is 9.77. The topological polar surface area (TPSA) is 92.2 Å². The van der Waals surface area contributed by atoms with E-state index in [9.17, 15) is 14.4 Å². The van der Waals surface area contributed by atoms with Crippen molar-refractivity contribution >= 4 is 17.8 Å². The molecule has 8 nitrogen and oxygen atoms in total. The molecular weight excluding hydrogens is 324 g/mol. The Kier molecular flexibility index (Phi) is 5.02. The molecule has 3 fully saturated rings. The minimum absolute atomic E-state index is 0.0933. The van der Waals surface area contributed by atoms with Gasteiger partial charge in [0.2, 0.25) is 0 Å². The third-order valence-corrected chi connectivity index (χ3v) is 5.55. The highest BCUT2D eigenvalue weighted by Gasteiger charge is 2.53. The number of nitrogens with one attached hydrogen (secondary N) is 3. The number of morpholine rings is 1. The maximum atomic E-state index is 12.7. The number of quaternary nitrogens is 1. The minimum Gasteiger partial charge on any atom is -0.364 e. The number of hydrazine groups is 1. The molecule has 1 aliphatic carbocycles. The summed E-state index contributed by atoms with van der Waals surface area (Å²) in [6.45, 7) is 7.82. The van der Waals surface area contributed by atoms with Gasteiger partial charge >= 0.3 is 6.03 Å². The van der Waals surface area contributed by atoms with E-state index in [1.54, 1.807) is 0 Å². The summed E-state index contributed by atoms with van der Waals surface area (Å²) in [6.07, 6.45) is 3.26. The van der Waals surface area contributed by atoms with E-state index in [4.69, 9.17) is 4.74 Å². The van der Waals surface area contributed by atoms with Gasteiger partial charge in [0.25, 0.3) is 11.8 Å². The second-order valence-electron chi connectivity index (χ2n) is 7.96. The number of imide groups is 1. The number of amides is 4. The van der Waals surface area contributed by atoms with Crippen LogP contribution in [0.3, 0.4) is 0 Å². The number of ether oxygens (including phenoxy) is 1. The first-order valence-electron chi connectivity index (χ1n) is 9.24. The molecule has 3 aliphatic rings. The maximum absolute atomic E-state index is 12.7. The van der Waals surface area contributed by atoms with E-state index in [1.165, 1.54) is 0 Å². The number of carbonyl (C=O) groups excluding carboxylic acids is 3. The van der Waals surface area contributed by atoms with Gasteiger partial charge in [0.1, 0.15) is 30.8 Å². The molecule has 0 aromatic heterocycles. The Morgan fingerprint density at radius 2 is 1.84 bits per heavy atom. The van der Waals surface area contributed by atoms with E-state index in [2.05, 4.69) is 17.7 Å². The molecule has 0 unspecified atom stereocenters. The fourth-order valence-corrected chi connectivity index (χ4v) is 4.24. The summed E-state index contributed by atoms with van der Waals surface area (Å²) in [7, 11) is 0. The van der Waals surface area contributed by atoms with Crippen LogP contribution in [0.25, 0.3) is 0 Å². The minimum atomic E-state index is -0.828. The molecule has 0 bridgehead atoms. The fraction of sp³-hybridized carbons (Fsp3) is 0.824. The highest BCUT2D eigenvalue weighted by Crippen LogP contribution is 2.35. The molecule has 2 heterocycles. The standard InChI is InChI=1S/C17H28N4O4/c1-11-4-6-17(7-5-11)15(23)21(16(24)18-17)19-14(22)10-20-8-12(2)25-13(3)9-20/h11-13H,4-10H2,1-3H3,(H,18,24)(H,19,22)/p+1/t11?,12-,13-,17?/m0/s1. The number of urea groups is 1. The largest absolute Gasteiger partial charge is 0.364 e. The second-order valence-corrected chi connectivity index (χ2v) is 7.96. The number of hydrogen-bond donors (Lipinski definition) is 3. The molecule has 2 atom stereocenters. The van der Waals surface area contributed by atoms with E-state index < -0.39 is 11.6 Å². The molecule has 3 N–H and O–H groups in total. The van der Waals surface area contributed by atoms with Gasteiger partial charge in [-0.05, 0) is 45.4 Å². The van der Waals surface area contributed by atoms with Crippen molar-refractivity contribution in [3.8, 4) is 0 Å². The highest BCUT2D eigenvalue weighted by molar-refractivity contribution is 6.08. The SMILES string of the molecule is CC1CCC2(CC1)NC(=O)N(NC(=O)C[NH+]1C[C@H](C)O[C@@H](C)C1)C2=O. The lowest BCUT2D eigenvalue weighted by Crippen LogP contribution is -3.16. The Hall–Kier alpha value is -1.67. The summed E-state index contributed by atoms with van der Waals surface area (Å²) < 4.78 is 5.67. The van der Waals surface area contributed by atoms with Crippen LogP contribution >= 0.6 is 0 Å². The Morgan fingerprint density at radius 3 is 2.44 bits per heavy atom. The van der Waals surface area contributed by atoms with Gasteiger partial charge in [0, 0.05) is 0 Å². The molecule has 140 valence electrons. The third kappa shape index (κ3) is 3.79. The summed E-state index contributed by atoms with van der Waals surface area (Å²) in [6, 6.07) is -0.522. The van der Waals surface area contributed by atoms with E-state index in [0.717, 1.165) is 35.8 Å². The van der Waals surface area contributed by atoms with Crippen LogP contribution in [-0.4, -0.2) is 60.2 Å². The van der Waals surface area contributed by atoms with E-state index in [0.29, 0.717) is 18.8 Å². The van der Waals surface area contributed by atoms with Crippen LogP contribution in [0.15, 0.2) is 0 Å². The Labute approximate surface area is 148 Å². The normalized spacial score (nSPS) is 38.8. The molecule has 25 heavy (non-hydrogen) atoms. The van der Waals surface area contributed by atoms with Gasteiger partial charge in [-0.25, -0.2) is 4.79 Å². The van der Waals surface area contributed by atoms with Crippen molar-refractivity contribution in [3.05, 3.63) is 0 Å². The smallest absolute Gasteiger partial charge is 0.344 e. The van der Waals surface area contributed by atoms with Crippen LogP contribution in [0, 0.1) is 5.92 Å². The van der Waals surface area contributed by atoms with Gasteiger partial charge in [0.15, 0.2) is 6.54 Å². The molecule has 4 amide bonds.